The van der Waals surface area contributed by atoms with Gasteiger partial charge in [-0.25, -0.2) is 0 Å². The van der Waals surface area contributed by atoms with E-state index in [1.807, 2.05) is 12.1 Å². The number of fused-ring (bicyclic) bond motifs is 11. The summed E-state index contributed by atoms with van der Waals surface area (Å²) in [5.74, 6) is 4.09. The van der Waals surface area contributed by atoms with Crippen molar-refractivity contribution in [3.63, 3.8) is 0 Å². The van der Waals surface area contributed by atoms with E-state index in [-0.39, 0.29) is 11.8 Å². The summed E-state index contributed by atoms with van der Waals surface area (Å²) in [5.41, 5.74) is 14.3. The molecule has 3 aromatic carbocycles. The van der Waals surface area contributed by atoms with Gasteiger partial charge in [-0.3, -0.25) is 0 Å². The molecule has 1 spiro atoms. The fraction of sp³-hybridized carbons (Fsp3) is 0.260. The molecule has 7 aliphatic carbocycles. The number of rotatable bonds is 2. The molecule has 0 bridgehead atoms. The maximum atomic E-state index is 10.2. The molecular formula is C50H41NO. The van der Waals surface area contributed by atoms with E-state index in [1.54, 1.807) is 5.57 Å². The van der Waals surface area contributed by atoms with Crippen LogP contribution < -0.4 is 4.74 Å². The summed E-state index contributed by atoms with van der Waals surface area (Å²) in [6.45, 7) is 0. The van der Waals surface area contributed by atoms with Crippen molar-refractivity contribution in [3.8, 4) is 11.8 Å². The molecule has 252 valence electrons. The largest absolute Gasteiger partial charge is 0.461 e. The second-order valence-electron chi connectivity index (χ2n) is 15.9. The number of nitriles is 1. The van der Waals surface area contributed by atoms with Crippen LogP contribution in [0.25, 0.3) is 11.6 Å². The number of allylic oxidation sites excluding steroid dienone is 17. The molecule has 0 aromatic heterocycles. The molecule has 11 rings (SSSR count). The van der Waals surface area contributed by atoms with Gasteiger partial charge in [-0.05, 0) is 107 Å². The molecule has 1 heterocycles. The van der Waals surface area contributed by atoms with Crippen molar-refractivity contribution in [1.82, 2.24) is 0 Å². The molecule has 0 saturated carbocycles. The molecule has 7 atom stereocenters. The van der Waals surface area contributed by atoms with E-state index in [0.717, 1.165) is 49.2 Å². The van der Waals surface area contributed by atoms with Crippen molar-refractivity contribution in [3.05, 3.63) is 195 Å². The Bertz CT molecular complexity index is 2400. The first kappa shape index (κ1) is 30.3. The Balaban J connectivity index is 1.11. The lowest BCUT2D eigenvalue weighted by Crippen LogP contribution is -2.42. The monoisotopic (exact) mass is 671 g/mol. The van der Waals surface area contributed by atoms with Crippen LogP contribution in [0.3, 0.4) is 0 Å². The van der Waals surface area contributed by atoms with Gasteiger partial charge in [0.15, 0.2) is 0 Å². The number of benzene rings is 3. The van der Waals surface area contributed by atoms with Crippen molar-refractivity contribution in [1.29, 1.82) is 5.26 Å². The predicted molar refractivity (Wildman–Crippen MR) is 209 cm³/mol. The van der Waals surface area contributed by atoms with Gasteiger partial charge in [0.1, 0.15) is 11.5 Å². The fourth-order valence-electron chi connectivity index (χ4n) is 11.6. The zero-order valence-corrected chi connectivity index (χ0v) is 29.3. The van der Waals surface area contributed by atoms with E-state index in [4.69, 9.17) is 4.74 Å². The smallest absolute Gasteiger partial charge is 0.131 e. The summed E-state index contributed by atoms with van der Waals surface area (Å²) in [7, 11) is 0. The second kappa shape index (κ2) is 11.6. The molecule has 2 heteroatoms. The average molecular weight is 672 g/mol. The Morgan fingerprint density at radius 2 is 1.65 bits per heavy atom. The normalized spacial score (nSPS) is 31.1. The quantitative estimate of drug-likeness (QED) is 0.254. The summed E-state index contributed by atoms with van der Waals surface area (Å²) in [6.07, 6.45) is 37.5. The van der Waals surface area contributed by atoms with Gasteiger partial charge in [-0.2, -0.15) is 5.26 Å². The Kier molecular flexibility index (Phi) is 6.73. The summed E-state index contributed by atoms with van der Waals surface area (Å²) in [4.78, 5) is 0. The fourth-order valence-corrected chi connectivity index (χ4v) is 11.6. The third-order valence-corrected chi connectivity index (χ3v) is 13.6. The topological polar surface area (TPSA) is 33.0 Å². The highest BCUT2D eigenvalue weighted by atomic mass is 16.5. The van der Waals surface area contributed by atoms with Gasteiger partial charge in [0.25, 0.3) is 0 Å². The van der Waals surface area contributed by atoms with E-state index in [0.29, 0.717) is 29.2 Å². The number of hydrogen-bond acceptors (Lipinski definition) is 2. The number of ether oxygens (including phenoxy) is 1. The first-order chi connectivity index (χ1) is 25.7. The Morgan fingerprint density at radius 1 is 0.750 bits per heavy atom. The Hall–Kier alpha value is -5.39. The van der Waals surface area contributed by atoms with Crippen LogP contribution in [-0.4, -0.2) is 0 Å². The molecule has 1 aliphatic heterocycles. The van der Waals surface area contributed by atoms with Crippen molar-refractivity contribution in [2.24, 2.45) is 29.6 Å². The van der Waals surface area contributed by atoms with E-state index in [1.165, 1.54) is 51.0 Å². The predicted octanol–water partition coefficient (Wildman–Crippen LogP) is 11.4. The molecule has 0 N–H and O–H groups in total. The highest BCUT2D eigenvalue weighted by Crippen LogP contribution is 2.65. The minimum atomic E-state index is -0.437. The maximum Gasteiger partial charge on any atom is 0.131 e. The highest BCUT2D eigenvalue weighted by Gasteiger charge is 2.58. The second-order valence-corrected chi connectivity index (χ2v) is 15.9. The van der Waals surface area contributed by atoms with Gasteiger partial charge < -0.3 is 4.74 Å². The molecule has 52 heavy (non-hydrogen) atoms. The lowest BCUT2D eigenvalue weighted by Gasteiger charge is -2.49. The van der Waals surface area contributed by atoms with Gasteiger partial charge in [0, 0.05) is 41.2 Å². The zero-order chi connectivity index (χ0) is 34.4. The van der Waals surface area contributed by atoms with Crippen LogP contribution in [0.2, 0.25) is 0 Å². The number of nitrogens with zero attached hydrogens (tertiary/aromatic N) is 1. The Labute approximate surface area is 306 Å². The van der Waals surface area contributed by atoms with Gasteiger partial charge in [-0.1, -0.05) is 121 Å². The summed E-state index contributed by atoms with van der Waals surface area (Å²) >= 11 is 0. The third-order valence-electron chi connectivity index (χ3n) is 13.6. The minimum Gasteiger partial charge on any atom is -0.461 e. The van der Waals surface area contributed by atoms with Crippen LogP contribution >= 0.6 is 0 Å². The van der Waals surface area contributed by atoms with Crippen LogP contribution in [0.5, 0.6) is 5.75 Å². The summed E-state index contributed by atoms with van der Waals surface area (Å²) < 4.78 is 6.92. The number of aryl methyl sites for hydroxylation is 1. The van der Waals surface area contributed by atoms with Gasteiger partial charge >= 0.3 is 0 Å². The summed E-state index contributed by atoms with van der Waals surface area (Å²) in [6, 6.07) is 24.9. The average Bonchev–Trinajstić information content (AvgIpc) is 3.50. The molecule has 7 unspecified atom stereocenters. The SMILES string of the molecule is N#Cc1ccc2c(c1)C1(C3=C(CCC(C4C5C=CC=CC5=C(c5ccc6c(c5)C=CCC6)C5C=CCCC54)=C3)O2)c2ccccc2C2C=CC=CC21. The lowest BCUT2D eigenvalue weighted by molar-refractivity contribution is 0.244. The Morgan fingerprint density at radius 3 is 2.62 bits per heavy atom. The van der Waals surface area contributed by atoms with E-state index in [9.17, 15) is 5.26 Å². The van der Waals surface area contributed by atoms with Crippen molar-refractivity contribution >= 4 is 11.6 Å². The van der Waals surface area contributed by atoms with Crippen LogP contribution in [0.4, 0.5) is 0 Å². The summed E-state index contributed by atoms with van der Waals surface area (Å²) in [5, 5.41) is 10.2. The van der Waals surface area contributed by atoms with Gasteiger partial charge in [0.05, 0.1) is 17.0 Å². The zero-order valence-electron chi connectivity index (χ0n) is 29.3. The molecule has 0 amide bonds. The minimum absolute atomic E-state index is 0.196. The van der Waals surface area contributed by atoms with E-state index >= 15 is 0 Å². The van der Waals surface area contributed by atoms with Crippen molar-refractivity contribution < 1.29 is 4.74 Å². The molecule has 0 saturated heterocycles. The van der Waals surface area contributed by atoms with E-state index in [2.05, 4.69) is 134 Å². The lowest BCUT2D eigenvalue weighted by atomic mass is 9.55. The molecular weight excluding hydrogens is 631 g/mol. The molecule has 0 radical (unpaired) electrons. The molecule has 2 nitrogen and oxygen atoms in total. The molecule has 8 aliphatic rings. The van der Waals surface area contributed by atoms with Crippen LogP contribution in [0.15, 0.2) is 156 Å². The van der Waals surface area contributed by atoms with Crippen LogP contribution in [-0.2, 0) is 11.8 Å². The molecule has 0 fully saturated rings. The first-order valence-corrected chi connectivity index (χ1v) is 19.4. The molecule has 3 aromatic rings. The highest BCUT2D eigenvalue weighted by molar-refractivity contribution is 5.79. The van der Waals surface area contributed by atoms with Crippen LogP contribution in [0, 0.1) is 40.9 Å². The number of hydrogen-bond donors (Lipinski definition) is 0. The van der Waals surface area contributed by atoms with Crippen molar-refractivity contribution in [2.45, 2.75) is 49.9 Å². The van der Waals surface area contributed by atoms with Gasteiger partial charge in [-0.15, -0.1) is 0 Å². The van der Waals surface area contributed by atoms with E-state index < -0.39 is 5.41 Å². The third kappa shape index (κ3) is 4.17. The first-order valence-electron chi connectivity index (χ1n) is 19.4. The standard InChI is InChI=1S/C50H41NO/c51-30-31-21-25-46-44(27-31)50(42-19-9-7-13-36(42)37-14-8-10-20-43(37)50)45-29-35(24-26-47(45)52-46)49-40-17-5-3-15-38(40)48(39-16-4-6-18-41(39)49)34-23-22-32-11-1-2-12-33(32)28-34/h2-5,7-10,12-17,19-23,25,27-29,36,39-42,49H,1,6,11,18,24,26H2. The van der Waals surface area contributed by atoms with Crippen LogP contribution in [0.1, 0.15) is 77.0 Å². The van der Waals surface area contributed by atoms with Crippen molar-refractivity contribution in [2.75, 3.05) is 0 Å². The van der Waals surface area contributed by atoms with Gasteiger partial charge in [0.2, 0.25) is 0 Å². The maximum absolute atomic E-state index is 10.2.